The fourth-order valence-electron chi connectivity index (χ4n) is 1.71. The highest BCUT2D eigenvalue weighted by Gasteiger charge is 2.44. The minimum atomic E-state index is -0.796. The molecule has 0 bridgehead atoms. The third kappa shape index (κ3) is 1.28. The van der Waals surface area contributed by atoms with Crippen LogP contribution in [0.5, 0.6) is 0 Å². The second-order valence-corrected chi connectivity index (χ2v) is 3.74. The molecule has 0 spiro atoms. The van der Waals surface area contributed by atoms with Crippen LogP contribution in [0.2, 0.25) is 0 Å². The summed E-state index contributed by atoms with van der Waals surface area (Å²) in [5, 5.41) is 20.5. The molecule has 0 aromatic heterocycles. The fraction of sp³-hybridized carbons (Fsp3) is 0.400. The van der Waals surface area contributed by atoms with Crippen LogP contribution in [0, 0.1) is 17.0 Å². The van der Waals surface area contributed by atoms with Crippen molar-refractivity contribution in [2.75, 3.05) is 0 Å². The van der Waals surface area contributed by atoms with Gasteiger partial charge in [-0.25, -0.2) is 0 Å². The first kappa shape index (κ1) is 9.15. The quantitative estimate of drug-likeness (QED) is 0.576. The van der Waals surface area contributed by atoms with E-state index < -0.39 is 10.5 Å². The Hall–Kier alpha value is -1.42. The van der Waals surface area contributed by atoms with Gasteiger partial charge in [0.25, 0.3) is 5.69 Å². The number of hydrogen-bond donors (Lipinski definition) is 1. The predicted molar refractivity (Wildman–Crippen MR) is 51.0 cm³/mol. The molecular formula is C10H11NO3. The largest absolute Gasteiger partial charge is 0.385 e. The summed E-state index contributed by atoms with van der Waals surface area (Å²) < 4.78 is 0. The standard InChI is InChI=1S/C10H11NO3/c1-7-8(10(12)5-6-10)3-2-4-9(7)11(13)14/h2-4,12H,5-6H2,1H3. The average molecular weight is 193 g/mol. The molecule has 14 heavy (non-hydrogen) atoms. The Morgan fingerprint density at radius 3 is 2.64 bits per heavy atom. The fourth-order valence-corrected chi connectivity index (χ4v) is 1.71. The van der Waals surface area contributed by atoms with Crippen LogP contribution in [0.1, 0.15) is 24.0 Å². The van der Waals surface area contributed by atoms with Crippen LogP contribution in [-0.4, -0.2) is 10.0 Å². The molecule has 0 heterocycles. The van der Waals surface area contributed by atoms with Gasteiger partial charge >= 0.3 is 0 Å². The van der Waals surface area contributed by atoms with E-state index in [4.69, 9.17) is 0 Å². The van der Waals surface area contributed by atoms with E-state index in [1.165, 1.54) is 6.07 Å². The van der Waals surface area contributed by atoms with Crippen LogP contribution in [0.4, 0.5) is 5.69 Å². The maximum Gasteiger partial charge on any atom is 0.272 e. The Balaban J connectivity index is 2.52. The lowest BCUT2D eigenvalue weighted by Gasteiger charge is -2.10. The molecule has 4 heteroatoms. The molecule has 1 aromatic rings. The van der Waals surface area contributed by atoms with Gasteiger partial charge in [0, 0.05) is 11.6 Å². The first-order valence-corrected chi connectivity index (χ1v) is 4.51. The monoisotopic (exact) mass is 193 g/mol. The number of nitrogens with zero attached hydrogens (tertiary/aromatic N) is 1. The summed E-state index contributed by atoms with van der Waals surface area (Å²) in [6.07, 6.45) is 1.41. The molecule has 0 radical (unpaired) electrons. The van der Waals surface area contributed by atoms with E-state index in [0.29, 0.717) is 24.0 Å². The summed E-state index contributed by atoms with van der Waals surface area (Å²) in [6.45, 7) is 1.68. The van der Waals surface area contributed by atoms with Gasteiger partial charge in [0.15, 0.2) is 0 Å². The van der Waals surface area contributed by atoms with Gasteiger partial charge in [-0.1, -0.05) is 12.1 Å². The minimum Gasteiger partial charge on any atom is -0.385 e. The van der Waals surface area contributed by atoms with E-state index in [9.17, 15) is 15.2 Å². The summed E-state index contributed by atoms with van der Waals surface area (Å²) in [4.78, 5) is 10.2. The number of rotatable bonds is 2. The van der Waals surface area contributed by atoms with Gasteiger partial charge in [0.05, 0.1) is 10.5 Å². The van der Waals surface area contributed by atoms with Crippen LogP contribution in [-0.2, 0) is 5.60 Å². The van der Waals surface area contributed by atoms with Crippen LogP contribution in [0.25, 0.3) is 0 Å². The van der Waals surface area contributed by atoms with Gasteiger partial charge in [0.1, 0.15) is 0 Å². The summed E-state index contributed by atoms with van der Waals surface area (Å²) in [7, 11) is 0. The number of hydrogen-bond acceptors (Lipinski definition) is 3. The summed E-state index contributed by atoms with van der Waals surface area (Å²) in [5.41, 5.74) is 0.572. The Labute approximate surface area is 81.3 Å². The molecule has 4 nitrogen and oxygen atoms in total. The molecule has 1 N–H and O–H groups in total. The molecule has 0 unspecified atom stereocenters. The van der Waals surface area contributed by atoms with Crippen LogP contribution in [0.15, 0.2) is 18.2 Å². The van der Waals surface area contributed by atoms with Crippen molar-refractivity contribution in [2.24, 2.45) is 0 Å². The number of benzene rings is 1. The first-order valence-electron chi connectivity index (χ1n) is 4.51. The second kappa shape index (κ2) is 2.78. The maximum atomic E-state index is 10.6. The van der Waals surface area contributed by atoms with Crippen molar-refractivity contribution in [2.45, 2.75) is 25.4 Å². The molecule has 0 atom stereocenters. The first-order chi connectivity index (χ1) is 6.54. The molecule has 0 aliphatic heterocycles. The van der Waals surface area contributed by atoms with Gasteiger partial charge in [-0.05, 0) is 25.3 Å². The van der Waals surface area contributed by atoms with Crippen molar-refractivity contribution in [3.63, 3.8) is 0 Å². The molecule has 1 aromatic carbocycles. The van der Waals surface area contributed by atoms with Crippen LogP contribution < -0.4 is 0 Å². The van der Waals surface area contributed by atoms with Crippen molar-refractivity contribution in [1.82, 2.24) is 0 Å². The van der Waals surface area contributed by atoms with Crippen molar-refractivity contribution in [1.29, 1.82) is 0 Å². The molecule has 1 aliphatic carbocycles. The number of nitro groups is 1. The number of nitro benzene ring substituents is 1. The van der Waals surface area contributed by atoms with E-state index in [2.05, 4.69) is 0 Å². The molecule has 1 aliphatic rings. The minimum absolute atomic E-state index is 0.0859. The van der Waals surface area contributed by atoms with E-state index in [0.717, 1.165) is 0 Å². The van der Waals surface area contributed by atoms with Gasteiger partial charge in [-0.3, -0.25) is 10.1 Å². The molecule has 1 fully saturated rings. The van der Waals surface area contributed by atoms with E-state index in [-0.39, 0.29) is 5.69 Å². The van der Waals surface area contributed by atoms with Crippen LogP contribution >= 0.6 is 0 Å². The zero-order chi connectivity index (χ0) is 10.3. The molecule has 0 saturated heterocycles. The Bertz CT molecular complexity index is 396. The Kier molecular flexibility index (Phi) is 1.82. The topological polar surface area (TPSA) is 63.4 Å². The lowest BCUT2D eigenvalue weighted by molar-refractivity contribution is -0.385. The SMILES string of the molecule is Cc1c([N+](=O)[O-])cccc1C1(O)CC1. The predicted octanol–water partition coefficient (Wildman–Crippen LogP) is 1.88. The third-order valence-corrected chi connectivity index (χ3v) is 2.73. The highest BCUT2D eigenvalue weighted by atomic mass is 16.6. The van der Waals surface area contributed by atoms with Crippen molar-refractivity contribution in [3.05, 3.63) is 39.4 Å². The lowest BCUT2D eigenvalue weighted by Crippen LogP contribution is -2.08. The van der Waals surface area contributed by atoms with Crippen molar-refractivity contribution >= 4 is 5.69 Å². The molecular weight excluding hydrogens is 182 g/mol. The highest BCUT2D eigenvalue weighted by Crippen LogP contribution is 2.47. The summed E-state index contributed by atoms with van der Waals surface area (Å²) >= 11 is 0. The van der Waals surface area contributed by atoms with Gasteiger partial charge in [-0.2, -0.15) is 0 Å². The molecule has 2 rings (SSSR count). The third-order valence-electron chi connectivity index (χ3n) is 2.73. The Morgan fingerprint density at radius 2 is 2.14 bits per heavy atom. The molecule has 74 valence electrons. The van der Waals surface area contributed by atoms with E-state index in [1.807, 2.05) is 0 Å². The zero-order valence-corrected chi connectivity index (χ0v) is 7.86. The highest BCUT2D eigenvalue weighted by molar-refractivity contribution is 5.48. The van der Waals surface area contributed by atoms with E-state index >= 15 is 0 Å². The van der Waals surface area contributed by atoms with Gasteiger partial charge in [0.2, 0.25) is 0 Å². The van der Waals surface area contributed by atoms with E-state index in [1.54, 1.807) is 19.1 Å². The van der Waals surface area contributed by atoms with Crippen molar-refractivity contribution < 1.29 is 10.0 Å². The molecule has 1 saturated carbocycles. The van der Waals surface area contributed by atoms with Gasteiger partial charge in [-0.15, -0.1) is 0 Å². The summed E-state index contributed by atoms with van der Waals surface area (Å²) in [5.74, 6) is 0. The lowest BCUT2D eigenvalue weighted by atomic mass is 10.0. The van der Waals surface area contributed by atoms with Crippen LogP contribution in [0.3, 0.4) is 0 Å². The van der Waals surface area contributed by atoms with Gasteiger partial charge < -0.3 is 5.11 Å². The second-order valence-electron chi connectivity index (χ2n) is 3.74. The smallest absolute Gasteiger partial charge is 0.272 e. The zero-order valence-electron chi connectivity index (χ0n) is 7.86. The van der Waals surface area contributed by atoms with Crippen molar-refractivity contribution in [3.8, 4) is 0 Å². The average Bonchev–Trinajstić information content (AvgIpc) is 2.84. The molecule has 0 amide bonds. The maximum absolute atomic E-state index is 10.6. The Morgan fingerprint density at radius 1 is 1.50 bits per heavy atom. The normalized spacial score (nSPS) is 17.9. The number of aliphatic hydroxyl groups is 1. The summed E-state index contributed by atoms with van der Waals surface area (Å²) in [6, 6.07) is 4.84.